The fourth-order valence-electron chi connectivity index (χ4n) is 1.87. The van der Waals surface area contributed by atoms with Crippen LogP contribution >= 0.6 is 15.9 Å². The van der Waals surface area contributed by atoms with Crippen LogP contribution in [0, 0.1) is 6.92 Å². The zero-order chi connectivity index (χ0) is 14.1. The number of hydrogen-bond donors (Lipinski definition) is 1. The summed E-state index contributed by atoms with van der Waals surface area (Å²) < 4.78 is 6.12. The molecule has 3 rings (SSSR count). The first-order chi connectivity index (χ1) is 9.61. The summed E-state index contributed by atoms with van der Waals surface area (Å²) in [6.07, 6.45) is 0. The molecule has 1 amide bonds. The van der Waals surface area contributed by atoms with Crippen LogP contribution in [-0.4, -0.2) is 16.1 Å². The smallest absolute Gasteiger partial charge is 0.322 e. The van der Waals surface area contributed by atoms with Crippen molar-refractivity contribution >= 4 is 38.6 Å². The molecule has 2 aromatic carbocycles. The van der Waals surface area contributed by atoms with E-state index in [1.54, 1.807) is 13.0 Å². The number of fused-ring (bicyclic) bond motifs is 1. The van der Waals surface area contributed by atoms with Gasteiger partial charge in [-0.2, -0.15) is 0 Å². The molecule has 0 radical (unpaired) electrons. The number of hydrogen-bond acceptors (Lipinski definition) is 4. The predicted octanol–water partition coefficient (Wildman–Crippen LogP) is 3.55. The van der Waals surface area contributed by atoms with Gasteiger partial charge in [0.15, 0.2) is 0 Å². The van der Waals surface area contributed by atoms with Crippen LogP contribution in [0.25, 0.3) is 10.8 Å². The Morgan fingerprint density at radius 1 is 1.15 bits per heavy atom. The zero-order valence-electron chi connectivity index (χ0n) is 10.6. The van der Waals surface area contributed by atoms with Crippen LogP contribution in [0.4, 0.5) is 6.01 Å². The number of anilines is 1. The van der Waals surface area contributed by atoms with Gasteiger partial charge in [-0.1, -0.05) is 33.2 Å². The number of amides is 1. The van der Waals surface area contributed by atoms with Crippen molar-refractivity contribution in [3.05, 3.63) is 52.3 Å². The zero-order valence-corrected chi connectivity index (χ0v) is 12.1. The molecule has 0 atom stereocenters. The standard InChI is InChI=1S/C14H10BrN3O2/c1-8-17-18-14(20-8)16-13(19)11-3-2-10-7-12(15)5-4-9(10)6-11/h2-7H,1H3,(H,16,18,19). The lowest BCUT2D eigenvalue weighted by Gasteiger charge is -2.03. The van der Waals surface area contributed by atoms with Crippen LogP contribution in [0.1, 0.15) is 16.2 Å². The lowest BCUT2D eigenvalue weighted by Crippen LogP contribution is -2.12. The minimum absolute atomic E-state index is 0.100. The third-order valence-corrected chi connectivity index (χ3v) is 3.30. The summed E-state index contributed by atoms with van der Waals surface area (Å²) in [7, 11) is 0. The molecule has 3 aromatic rings. The Balaban J connectivity index is 1.89. The normalized spacial score (nSPS) is 10.7. The second-order valence-corrected chi connectivity index (χ2v) is 5.20. The average molecular weight is 332 g/mol. The van der Waals surface area contributed by atoms with E-state index < -0.39 is 0 Å². The maximum Gasteiger partial charge on any atom is 0.322 e. The molecular weight excluding hydrogens is 322 g/mol. The van der Waals surface area contributed by atoms with Gasteiger partial charge in [-0.3, -0.25) is 10.1 Å². The Kier molecular flexibility index (Phi) is 3.23. The number of halogens is 1. The molecule has 0 aliphatic carbocycles. The molecule has 0 fully saturated rings. The summed E-state index contributed by atoms with van der Waals surface area (Å²) in [5.74, 6) is 0.127. The third kappa shape index (κ3) is 2.55. The molecule has 1 N–H and O–H groups in total. The van der Waals surface area contributed by atoms with Gasteiger partial charge in [-0.15, -0.1) is 5.10 Å². The molecule has 0 aliphatic rings. The number of aromatic nitrogens is 2. The van der Waals surface area contributed by atoms with E-state index in [0.29, 0.717) is 11.5 Å². The van der Waals surface area contributed by atoms with Gasteiger partial charge < -0.3 is 4.42 Å². The molecule has 0 saturated carbocycles. The molecule has 100 valence electrons. The van der Waals surface area contributed by atoms with Gasteiger partial charge in [-0.05, 0) is 35.0 Å². The second kappa shape index (κ2) is 5.05. The molecule has 5 nitrogen and oxygen atoms in total. The molecule has 0 spiro atoms. The quantitative estimate of drug-likeness (QED) is 0.779. The number of benzene rings is 2. The van der Waals surface area contributed by atoms with Crippen molar-refractivity contribution in [3.63, 3.8) is 0 Å². The van der Waals surface area contributed by atoms with E-state index in [4.69, 9.17) is 4.42 Å². The number of carbonyl (C=O) groups is 1. The molecular formula is C14H10BrN3O2. The molecule has 0 saturated heterocycles. The van der Waals surface area contributed by atoms with E-state index >= 15 is 0 Å². The molecule has 20 heavy (non-hydrogen) atoms. The molecule has 0 unspecified atom stereocenters. The molecule has 1 aromatic heterocycles. The minimum atomic E-state index is -0.279. The first kappa shape index (κ1) is 12.8. The van der Waals surface area contributed by atoms with E-state index in [2.05, 4.69) is 31.4 Å². The second-order valence-electron chi connectivity index (χ2n) is 4.29. The summed E-state index contributed by atoms with van der Waals surface area (Å²) in [5, 5.41) is 12.0. The van der Waals surface area contributed by atoms with Gasteiger partial charge >= 0.3 is 6.01 Å². The highest BCUT2D eigenvalue weighted by atomic mass is 79.9. The summed E-state index contributed by atoms with van der Waals surface area (Å²) >= 11 is 3.42. The van der Waals surface area contributed by atoms with Crippen molar-refractivity contribution in [2.24, 2.45) is 0 Å². The van der Waals surface area contributed by atoms with Crippen LogP contribution in [-0.2, 0) is 0 Å². The Morgan fingerprint density at radius 2 is 1.90 bits per heavy atom. The highest BCUT2D eigenvalue weighted by molar-refractivity contribution is 9.10. The van der Waals surface area contributed by atoms with Gasteiger partial charge in [-0.25, -0.2) is 0 Å². The van der Waals surface area contributed by atoms with Crippen LogP contribution < -0.4 is 5.32 Å². The van der Waals surface area contributed by atoms with Gasteiger partial charge in [0.25, 0.3) is 5.91 Å². The Bertz CT molecular complexity index is 798. The van der Waals surface area contributed by atoms with Crippen molar-refractivity contribution in [1.29, 1.82) is 0 Å². The van der Waals surface area contributed by atoms with Gasteiger partial charge in [0.05, 0.1) is 0 Å². The van der Waals surface area contributed by atoms with Crippen molar-refractivity contribution < 1.29 is 9.21 Å². The lowest BCUT2D eigenvalue weighted by atomic mass is 10.1. The summed E-state index contributed by atoms with van der Waals surface area (Å²) in [5.41, 5.74) is 0.538. The molecule has 0 aliphatic heterocycles. The average Bonchev–Trinajstić information content (AvgIpc) is 2.83. The van der Waals surface area contributed by atoms with Crippen LogP contribution in [0.5, 0.6) is 0 Å². The van der Waals surface area contributed by atoms with E-state index in [1.807, 2.05) is 30.3 Å². The highest BCUT2D eigenvalue weighted by Gasteiger charge is 2.10. The van der Waals surface area contributed by atoms with Gasteiger partial charge in [0, 0.05) is 17.0 Å². The topological polar surface area (TPSA) is 68.0 Å². The summed E-state index contributed by atoms with van der Waals surface area (Å²) in [6, 6.07) is 11.5. The van der Waals surface area contributed by atoms with Crippen LogP contribution in [0.15, 0.2) is 45.3 Å². The monoisotopic (exact) mass is 331 g/mol. The Labute approximate surface area is 123 Å². The van der Waals surface area contributed by atoms with Crippen molar-refractivity contribution in [1.82, 2.24) is 10.2 Å². The first-order valence-corrected chi connectivity index (χ1v) is 6.72. The molecule has 0 bridgehead atoms. The number of carbonyl (C=O) groups excluding carboxylic acids is 1. The van der Waals surface area contributed by atoms with E-state index in [1.165, 1.54) is 0 Å². The van der Waals surface area contributed by atoms with E-state index in [-0.39, 0.29) is 11.9 Å². The summed E-state index contributed by atoms with van der Waals surface area (Å²) in [6.45, 7) is 1.66. The maximum absolute atomic E-state index is 12.1. The van der Waals surface area contributed by atoms with Crippen LogP contribution in [0.3, 0.4) is 0 Å². The summed E-state index contributed by atoms with van der Waals surface area (Å²) in [4.78, 5) is 12.1. The van der Waals surface area contributed by atoms with Gasteiger partial charge in [0.1, 0.15) is 0 Å². The highest BCUT2D eigenvalue weighted by Crippen LogP contribution is 2.21. The molecule has 1 heterocycles. The number of rotatable bonds is 2. The van der Waals surface area contributed by atoms with Crippen molar-refractivity contribution in [2.75, 3.05) is 5.32 Å². The largest absolute Gasteiger partial charge is 0.408 e. The lowest BCUT2D eigenvalue weighted by molar-refractivity contribution is 0.102. The SMILES string of the molecule is Cc1nnc(NC(=O)c2ccc3cc(Br)ccc3c2)o1. The van der Waals surface area contributed by atoms with E-state index in [0.717, 1.165) is 15.2 Å². The number of aryl methyl sites for hydroxylation is 1. The minimum Gasteiger partial charge on any atom is -0.408 e. The fourth-order valence-corrected chi connectivity index (χ4v) is 2.25. The predicted molar refractivity (Wildman–Crippen MR) is 78.6 cm³/mol. The van der Waals surface area contributed by atoms with Gasteiger partial charge in [0.2, 0.25) is 5.89 Å². The fraction of sp³-hybridized carbons (Fsp3) is 0.0714. The first-order valence-electron chi connectivity index (χ1n) is 5.92. The third-order valence-electron chi connectivity index (χ3n) is 2.81. The van der Waals surface area contributed by atoms with Crippen LogP contribution in [0.2, 0.25) is 0 Å². The number of nitrogens with zero attached hydrogens (tertiary/aromatic N) is 2. The Morgan fingerprint density at radius 3 is 2.65 bits per heavy atom. The van der Waals surface area contributed by atoms with Crippen molar-refractivity contribution in [3.8, 4) is 0 Å². The number of nitrogens with one attached hydrogen (secondary N) is 1. The Hall–Kier alpha value is -2.21. The van der Waals surface area contributed by atoms with E-state index in [9.17, 15) is 4.79 Å². The maximum atomic E-state index is 12.1. The van der Waals surface area contributed by atoms with Crippen molar-refractivity contribution in [2.45, 2.75) is 6.92 Å². The molecule has 6 heteroatoms.